The molecule has 0 bridgehead atoms. The molecule has 0 spiro atoms. The van der Waals surface area contributed by atoms with Crippen molar-refractivity contribution in [3.05, 3.63) is 241 Å². The molecule has 1 aliphatic heterocycles. The third kappa shape index (κ3) is 9.74. The average molecular weight is 1200 g/mol. The van der Waals surface area contributed by atoms with Gasteiger partial charge < -0.3 is 9.30 Å². The minimum absolute atomic E-state index is 0. The van der Waals surface area contributed by atoms with Gasteiger partial charge in [0.1, 0.15) is 23.1 Å². The minimum Gasteiger partial charge on any atom is -0.509 e. The van der Waals surface area contributed by atoms with E-state index in [0.717, 1.165) is 84.1 Å². The van der Waals surface area contributed by atoms with Gasteiger partial charge in [-0.2, -0.15) is 6.07 Å². The number of pyridine rings is 1. The van der Waals surface area contributed by atoms with Crippen molar-refractivity contribution in [2.75, 3.05) is 0 Å². The maximum Gasteiger partial charge on any atom is 2.00 e. The zero-order valence-electron chi connectivity index (χ0n) is 44.5. The van der Waals surface area contributed by atoms with Crippen LogP contribution in [0.5, 0.6) is 11.5 Å². The third-order valence-corrected chi connectivity index (χ3v) is 14.6. The van der Waals surface area contributed by atoms with Crippen molar-refractivity contribution in [2.24, 2.45) is 0 Å². The van der Waals surface area contributed by atoms with Gasteiger partial charge in [-0.25, -0.2) is 13.8 Å². The van der Waals surface area contributed by atoms with Crippen LogP contribution in [-0.2, 0) is 26.5 Å². The van der Waals surface area contributed by atoms with Crippen LogP contribution in [0, 0.1) is 23.8 Å². The van der Waals surface area contributed by atoms with Gasteiger partial charge in [0.25, 0.3) is 11.4 Å². The minimum atomic E-state index is -0.657. The first-order valence-corrected chi connectivity index (χ1v) is 26.3. The standard InChI is InChI=1S/C70H56F2N4O.Pt/c1-44(2)47-32-48(45(3)4)34-49(33-47)60-23-17-24-61(50-35-53(71)40-54(72)36-50)69(60)75-43-74(65-26-15-16-27-66(65)75)55-37-51(59-21-12-11-20-58(59)46-18-9-8-10-19-46)38-57(41-55)77-56-28-29-63-62-22-13-14-25-64(62)76(67(63)42-56)68-39-52(30-31-73-68)70(5,6)7;/h8-40,44-45H,1-7H3;/q;+2. The van der Waals surface area contributed by atoms with Crippen LogP contribution >= 0.6 is 0 Å². The number of aromatic nitrogens is 2. The summed E-state index contributed by atoms with van der Waals surface area (Å²) in [6, 6.07) is 75.3. The molecule has 0 aliphatic carbocycles. The fourth-order valence-electron chi connectivity index (χ4n) is 10.6. The predicted octanol–water partition coefficient (Wildman–Crippen LogP) is 18.9. The van der Waals surface area contributed by atoms with Crippen LogP contribution in [-0.4, -0.2) is 15.6 Å². The van der Waals surface area contributed by atoms with Gasteiger partial charge >= 0.3 is 27.1 Å². The number of halogens is 2. The van der Waals surface area contributed by atoms with Crippen LogP contribution in [0.4, 0.5) is 31.5 Å². The maximum absolute atomic E-state index is 15.3. The van der Waals surface area contributed by atoms with E-state index >= 15 is 8.78 Å². The Labute approximate surface area is 469 Å². The average Bonchev–Trinajstić information content (AvgIpc) is 4.00. The van der Waals surface area contributed by atoms with Gasteiger partial charge in [0.05, 0.1) is 11.1 Å². The predicted molar refractivity (Wildman–Crippen MR) is 312 cm³/mol. The van der Waals surface area contributed by atoms with E-state index in [1.807, 2.05) is 57.8 Å². The van der Waals surface area contributed by atoms with Gasteiger partial charge in [0.15, 0.2) is 0 Å². The summed E-state index contributed by atoms with van der Waals surface area (Å²) in [5.41, 5.74) is 15.4. The van der Waals surface area contributed by atoms with Crippen molar-refractivity contribution >= 4 is 50.6 Å². The second-order valence-corrected chi connectivity index (χ2v) is 21.5. The molecule has 0 saturated carbocycles. The Morgan fingerprint density at radius 3 is 1.79 bits per heavy atom. The number of ether oxygens (including phenoxy) is 1. The van der Waals surface area contributed by atoms with Gasteiger partial charge in [-0.3, -0.25) is 0 Å². The summed E-state index contributed by atoms with van der Waals surface area (Å²) in [5.74, 6) is 0.977. The van der Waals surface area contributed by atoms with Crippen LogP contribution in [0.1, 0.15) is 77.0 Å². The summed E-state index contributed by atoms with van der Waals surface area (Å²) < 4.78 is 43.9. The molecular formula is C70H56F2N4OPt+2. The van der Waals surface area contributed by atoms with Gasteiger partial charge in [0, 0.05) is 41.4 Å². The monoisotopic (exact) mass is 1200 g/mol. The Hall–Kier alpha value is -8.34. The fraction of sp³-hybridized carbons (Fsp3) is 0.143. The van der Waals surface area contributed by atoms with Crippen LogP contribution in [0.15, 0.2) is 200 Å². The van der Waals surface area contributed by atoms with E-state index in [2.05, 4.69) is 205 Å². The van der Waals surface area contributed by atoms with Crippen LogP contribution in [0.3, 0.4) is 0 Å². The zero-order valence-corrected chi connectivity index (χ0v) is 46.7. The molecule has 2 aromatic heterocycles. The molecule has 78 heavy (non-hydrogen) atoms. The SMILES string of the molecule is CC(C)c1cc(-c2cccc(-c3cc(F)cc(F)c3)c2[N+]2=C=[N+](c3[c-]c(Oc4[c-]c5c(cc4)c4ccccc4n5-c4cc(C(C)(C)C)ccn4)cc(-c4ccccc4-c4ccccc4)c3)c3ccccc32)cc(C(C)C)c1.[Pt+2]. The van der Waals surface area contributed by atoms with Gasteiger partial charge in [-0.1, -0.05) is 180 Å². The van der Waals surface area contributed by atoms with Crippen molar-refractivity contribution in [1.82, 2.24) is 18.7 Å². The van der Waals surface area contributed by atoms with Crippen molar-refractivity contribution in [3.63, 3.8) is 0 Å². The number of hydrogen-bond acceptors (Lipinski definition) is 2. The molecule has 3 heterocycles. The molecule has 0 fully saturated rings. The fourth-order valence-corrected chi connectivity index (χ4v) is 10.6. The normalized spacial score (nSPS) is 12.2. The molecule has 0 N–H and O–H groups in total. The summed E-state index contributed by atoms with van der Waals surface area (Å²) >= 11 is 0. The summed E-state index contributed by atoms with van der Waals surface area (Å²) in [6.45, 7) is 15.4. The molecule has 0 saturated heterocycles. The first kappa shape index (κ1) is 51.7. The smallest absolute Gasteiger partial charge is 0.509 e. The molecule has 384 valence electrons. The van der Waals surface area contributed by atoms with E-state index in [9.17, 15) is 0 Å². The summed E-state index contributed by atoms with van der Waals surface area (Å²) in [4.78, 5) is 4.91. The van der Waals surface area contributed by atoms with Crippen molar-refractivity contribution < 1.29 is 34.6 Å². The molecule has 5 nitrogen and oxygen atoms in total. The number of nitrogens with zero attached hydrogens (tertiary/aromatic N) is 4. The number of para-hydroxylation sites is 4. The number of rotatable bonds is 11. The van der Waals surface area contributed by atoms with Gasteiger partial charge in [0.2, 0.25) is 5.69 Å². The number of hydrogen-bond donors (Lipinski definition) is 0. The van der Waals surface area contributed by atoms with Gasteiger partial charge in [-0.15, -0.1) is 29.1 Å². The van der Waals surface area contributed by atoms with Crippen LogP contribution in [0.25, 0.3) is 72.1 Å². The topological polar surface area (TPSA) is 33.1 Å². The first-order chi connectivity index (χ1) is 37.2. The van der Waals surface area contributed by atoms with Crippen LogP contribution < -0.4 is 13.9 Å². The Morgan fingerprint density at radius 1 is 0.526 bits per heavy atom. The molecular weight excluding hydrogens is 1150 g/mol. The van der Waals surface area contributed by atoms with Gasteiger partial charge in [-0.05, 0) is 114 Å². The molecule has 1 aliphatic rings. The molecule has 0 amide bonds. The van der Waals surface area contributed by atoms with Crippen molar-refractivity contribution in [2.45, 2.75) is 65.7 Å². The Balaban J connectivity index is 0.00000645. The van der Waals surface area contributed by atoms with E-state index in [0.29, 0.717) is 28.3 Å². The Kier molecular flexibility index (Phi) is 13.9. The Morgan fingerprint density at radius 2 is 1.12 bits per heavy atom. The molecule has 12 rings (SSSR count). The molecule has 8 heteroatoms. The molecule has 11 aromatic rings. The molecule has 0 unspecified atom stereocenters. The quantitative estimate of drug-likeness (QED) is 0.0955. The number of benzene rings is 9. The zero-order chi connectivity index (χ0) is 53.1. The van der Waals surface area contributed by atoms with E-state index in [4.69, 9.17) is 9.72 Å². The van der Waals surface area contributed by atoms with Crippen molar-refractivity contribution in [3.8, 4) is 61.8 Å². The second kappa shape index (κ2) is 20.9. The Bertz CT molecular complexity index is 4150. The molecule has 0 atom stereocenters. The summed E-state index contributed by atoms with van der Waals surface area (Å²) in [6.07, 6.45) is 1.88. The number of fused-ring (bicyclic) bond motifs is 4. The third-order valence-electron chi connectivity index (χ3n) is 14.6. The van der Waals surface area contributed by atoms with E-state index < -0.39 is 11.6 Å². The maximum atomic E-state index is 15.3. The molecule has 0 radical (unpaired) electrons. The van der Waals surface area contributed by atoms with E-state index in [1.165, 1.54) is 28.8 Å². The second-order valence-electron chi connectivity index (χ2n) is 21.5. The molecule has 9 aromatic carbocycles. The summed E-state index contributed by atoms with van der Waals surface area (Å²) in [7, 11) is 0. The largest absolute Gasteiger partial charge is 2.00 e. The first-order valence-electron chi connectivity index (χ1n) is 26.3. The van der Waals surface area contributed by atoms with Crippen LogP contribution in [0.2, 0.25) is 0 Å². The summed E-state index contributed by atoms with van der Waals surface area (Å²) in [5, 5.41) is 2.12. The van der Waals surface area contributed by atoms with Crippen molar-refractivity contribution in [1.29, 1.82) is 0 Å². The van der Waals surface area contributed by atoms with E-state index in [-0.39, 0.29) is 38.3 Å². The van der Waals surface area contributed by atoms with E-state index in [1.54, 1.807) is 0 Å².